The molecule has 0 aliphatic heterocycles. The molecule has 0 fully saturated rings. The molecule has 0 spiro atoms. The van der Waals surface area contributed by atoms with Crippen molar-refractivity contribution in [2.75, 3.05) is 5.32 Å². The van der Waals surface area contributed by atoms with Crippen LogP contribution in [-0.2, 0) is 0 Å². The molecule has 2 rings (SSSR count). The van der Waals surface area contributed by atoms with Gasteiger partial charge in [0.15, 0.2) is 0 Å². The average molecular weight is 328 g/mol. The van der Waals surface area contributed by atoms with E-state index in [0.717, 1.165) is 0 Å². The van der Waals surface area contributed by atoms with Crippen LogP contribution in [0.4, 0.5) is 5.69 Å². The third kappa shape index (κ3) is 3.00. The molecule has 0 saturated heterocycles. The molecule has 1 aromatic carbocycles. The van der Waals surface area contributed by atoms with E-state index in [0.29, 0.717) is 20.7 Å². The lowest BCUT2D eigenvalue weighted by Crippen LogP contribution is -2.15. The number of aromatic nitrogens is 1. The van der Waals surface area contributed by atoms with Crippen molar-refractivity contribution >= 4 is 39.1 Å². The Balaban J connectivity index is 2.24. The Kier molecular flexibility index (Phi) is 3.84. The molecule has 0 atom stereocenters. The van der Waals surface area contributed by atoms with Crippen LogP contribution in [-0.4, -0.2) is 10.9 Å². The molecule has 2 N–H and O–H groups in total. The molecule has 92 valence electrons. The predicted molar refractivity (Wildman–Crippen MR) is 74.2 cm³/mol. The molecule has 1 aromatic heterocycles. The number of pyridine rings is 1. The summed E-state index contributed by atoms with van der Waals surface area (Å²) in [6, 6.07) is 7.78. The zero-order valence-corrected chi connectivity index (χ0v) is 11.4. The first-order valence-electron chi connectivity index (χ1n) is 5.01. The molecular weight excluding hydrogens is 320 g/mol. The first kappa shape index (κ1) is 12.9. The number of amides is 1. The van der Waals surface area contributed by atoms with E-state index >= 15 is 0 Å². The Morgan fingerprint density at radius 1 is 1.28 bits per heavy atom. The Morgan fingerprint density at radius 2 is 2.06 bits per heavy atom. The van der Waals surface area contributed by atoms with E-state index in [1.807, 2.05) is 0 Å². The van der Waals surface area contributed by atoms with E-state index in [1.165, 1.54) is 18.3 Å². The van der Waals surface area contributed by atoms with Crippen LogP contribution in [0.15, 0.2) is 45.8 Å². The SMILES string of the molecule is O=C(Nc1ccc(Cl)cc1Br)c1cc[nH]c(=O)c1. The van der Waals surface area contributed by atoms with Crippen molar-refractivity contribution in [3.8, 4) is 0 Å². The van der Waals surface area contributed by atoms with Crippen LogP contribution in [0.1, 0.15) is 10.4 Å². The van der Waals surface area contributed by atoms with E-state index in [9.17, 15) is 9.59 Å². The zero-order chi connectivity index (χ0) is 13.1. The minimum atomic E-state index is -0.357. The molecule has 18 heavy (non-hydrogen) atoms. The van der Waals surface area contributed by atoms with Gasteiger partial charge in [0, 0.05) is 27.3 Å². The maximum atomic E-state index is 11.9. The summed E-state index contributed by atoms with van der Waals surface area (Å²) in [7, 11) is 0. The van der Waals surface area contributed by atoms with Crippen LogP contribution in [0.25, 0.3) is 0 Å². The van der Waals surface area contributed by atoms with Crippen molar-refractivity contribution in [2.24, 2.45) is 0 Å². The van der Waals surface area contributed by atoms with Gasteiger partial charge in [0.25, 0.3) is 5.91 Å². The molecule has 2 aromatic rings. The second-order valence-corrected chi connectivity index (χ2v) is 4.81. The number of rotatable bonds is 2. The van der Waals surface area contributed by atoms with Gasteiger partial charge in [-0.1, -0.05) is 11.6 Å². The maximum absolute atomic E-state index is 11.9. The first-order valence-corrected chi connectivity index (χ1v) is 6.18. The van der Waals surface area contributed by atoms with E-state index in [2.05, 4.69) is 26.2 Å². The molecule has 0 bridgehead atoms. The summed E-state index contributed by atoms with van der Waals surface area (Å²) in [5, 5.41) is 3.25. The quantitative estimate of drug-likeness (QED) is 0.890. The fraction of sp³-hybridized carbons (Fsp3) is 0. The largest absolute Gasteiger partial charge is 0.329 e. The summed E-state index contributed by atoms with van der Waals surface area (Å²) in [6.07, 6.45) is 1.42. The van der Waals surface area contributed by atoms with Crippen LogP contribution in [0.2, 0.25) is 5.02 Å². The van der Waals surface area contributed by atoms with Crippen molar-refractivity contribution in [3.05, 3.63) is 61.9 Å². The lowest BCUT2D eigenvalue weighted by molar-refractivity contribution is 0.102. The lowest BCUT2D eigenvalue weighted by atomic mass is 10.2. The highest BCUT2D eigenvalue weighted by Crippen LogP contribution is 2.26. The van der Waals surface area contributed by atoms with Gasteiger partial charge < -0.3 is 10.3 Å². The topological polar surface area (TPSA) is 62.0 Å². The molecule has 1 heterocycles. The molecule has 1 amide bonds. The number of carbonyl (C=O) groups excluding carboxylic acids is 1. The van der Waals surface area contributed by atoms with E-state index in [4.69, 9.17) is 11.6 Å². The van der Waals surface area contributed by atoms with Crippen LogP contribution >= 0.6 is 27.5 Å². The summed E-state index contributed by atoms with van der Waals surface area (Å²) >= 11 is 9.10. The summed E-state index contributed by atoms with van der Waals surface area (Å²) in [4.78, 5) is 25.4. The molecule has 0 aliphatic carbocycles. The average Bonchev–Trinajstić information content (AvgIpc) is 2.32. The van der Waals surface area contributed by atoms with Crippen molar-refractivity contribution in [2.45, 2.75) is 0 Å². The van der Waals surface area contributed by atoms with Gasteiger partial charge in [-0.3, -0.25) is 9.59 Å². The first-order chi connectivity index (χ1) is 8.56. The summed E-state index contributed by atoms with van der Waals surface area (Å²) in [5.74, 6) is -0.357. The second-order valence-electron chi connectivity index (χ2n) is 3.52. The minimum Gasteiger partial charge on any atom is -0.329 e. The Hall–Kier alpha value is -1.59. The van der Waals surface area contributed by atoms with Gasteiger partial charge in [0.05, 0.1) is 5.69 Å². The number of benzene rings is 1. The number of hydrogen-bond donors (Lipinski definition) is 2. The van der Waals surface area contributed by atoms with E-state index < -0.39 is 0 Å². The number of nitrogens with one attached hydrogen (secondary N) is 2. The standard InChI is InChI=1S/C12H8BrClN2O2/c13-9-6-8(14)1-2-10(9)16-12(18)7-3-4-15-11(17)5-7/h1-6H,(H,15,17)(H,16,18). The second kappa shape index (κ2) is 5.37. The van der Waals surface area contributed by atoms with Gasteiger partial charge in [0.1, 0.15) is 0 Å². The monoisotopic (exact) mass is 326 g/mol. The summed E-state index contributed by atoms with van der Waals surface area (Å²) in [5.41, 5.74) is 0.558. The highest BCUT2D eigenvalue weighted by molar-refractivity contribution is 9.10. The maximum Gasteiger partial charge on any atom is 0.255 e. The van der Waals surface area contributed by atoms with Crippen LogP contribution in [0, 0.1) is 0 Å². The summed E-state index contributed by atoms with van der Waals surface area (Å²) < 4.78 is 0.674. The molecular formula is C12H8BrClN2O2. The molecule has 0 aliphatic rings. The highest BCUT2D eigenvalue weighted by atomic mass is 79.9. The van der Waals surface area contributed by atoms with Crippen LogP contribution in [0.5, 0.6) is 0 Å². The van der Waals surface area contributed by atoms with E-state index in [1.54, 1.807) is 18.2 Å². The number of H-pyrrole nitrogens is 1. The van der Waals surface area contributed by atoms with Gasteiger partial charge in [-0.05, 0) is 40.2 Å². The zero-order valence-electron chi connectivity index (χ0n) is 9.04. The van der Waals surface area contributed by atoms with Gasteiger partial charge in [-0.2, -0.15) is 0 Å². The number of anilines is 1. The fourth-order valence-electron chi connectivity index (χ4n) is 1.37. The van der Waals surface area contributed by atoms with E-state index in [-0.39, 0.29) is 11.5 Å². The smallest absolute Gasteiger partial charge is 0.255 e. The van der Waals surface area contributed by atoms with Crippen molar-refractivity contribution in [1.29, 1.82) is 0 Å². The number of halogens is 2. The normalized spacial score (nSPS) is 10.1. The van der Waals surface area contributed by atoms with Gasteiger partial charge in [-0.15, -0.1) is 0 Å². The van der Waals surface area contributed by atoms with Gasteiger partial charge in [0.2, 0.25) is 5.56 Å². The third-order valence-electron chi connectivity index (χ3n) is 2.22. The van der Waals surface area contributed by atoms with Crippen molar-refractivity contribution < 1.29 is 4.79 Å². The van der Waals surface area contributed by atoms with Crippen molar-refractivity contribution in [3.63, 3.8) is 0 Å². The molecule has 0 saturated carbocycles. The number of hydrogen-bond acceptors (Lipinski definition) is 2. The fourth-order valence-corrected chi connectivity index (χ4v) is 2.15. The summed E-state index contributed by atoms with van der Waals surface area (Å²) in [6.45, 7) is 0. The van der Waals surface area contributed by atoms with Crippen LogP contribution < -0.4 is 10.9 Å². The Bertz CT molecular complexity index is 655. The van der Waals surface area contributed by atoms with Gasteiger partial charge in [-0.25, -0.2) is 0 Å². The van der Waals surface area contributed by atoms with Crippen LogP contribution in [0.3, 0.4) is 0 Å². The molecule has 0 unspecified atom stereocenters. The van der Waals surface area contributed by atoms with Crippen molar-refractivity contribution in [1.82, 2.24) is 4.98 Å². The Labute approximate surface area is 116 Å². The minimum absolute atomic E-state index is 0.292. The lowest BCUT2D eigenvalue weighted by Gasteiger charge is -2.07. The molecule has 4 nitrogen and oxygen atoms in total. The number of aromatic amines is 1. The number of carbonyl (C=O) groups is 1. The molecule has 0 radical (unpaired) electrons. The highest BCUT2D eigenvalue weighted by Gasteiger charge is 2.08. The van der Waals surface area contributed by atoms with Gasteiger partial charge >= 0.3 is 0 Å². The third-order valence-corrected chi connectivity index (χ3v) is 3.11. The predicted octanol–water partition coefficient (Wildman–Crippen LogP) is 3.04. The molecule has 6 heteroatoms. The Morgan fingerprint density at radius 3 is 2.72 bits per heavy atom.